The van der Waals surface area contributed by atoms with Crippen LogP contribution in [0.3, 0.4) is 0 Å². The Bertz CT molecular complexity index is 953. The third-order valence-electron chi connectivity index (χ3n) is 3.81. The van der Waals surface area contributed by atoms with Gasteiger partial charge in [-0.05, 0) is 35.8 Å². The summed E-state index contributed by atoms with van der Waals surface area (Å²) in [7, 11) is 0. The number of thiazole rings is 1. The highest BCUT2D eigenvalue weighted by atomic mass is 32.1. The molecule has 0 saturated carbocycles. The molecule has 3 aromatic heterocycles. The number of dihydropyridines is 1. The van der Waals surface area contributed by atoms with Gasteiger partial charge < -0.3 is 9.72 Å². The van der Waals surface area contributed by atoms with Crippen LogP contribution >= 0.6 is 11.3 Å². The lowest BCUT2D eigenvalue weighted by atomic mass is 10.1. The Labute approximate surface area is 142 Å². The summed E-state index contributed by atoms with van der Waals surface area (Å²) in [6.07, 6.45) is 11.8. The lowest BCUT2D eigenvalue weighted by Gasteiger charge is -2.05. The molecule has 0 aliphatic carbocycles. The first-order valence-electron chi connectivity index (χ1n) is 7.64. The summed E-state index contributed by atoms with van der Waals surface area (Å²) in [5.74, 6) is -0.105. The number of nitrogens with zero attached hydrogens (tertiary/aromatic N) is 4. The molecule has 4 rings (SSSR count). The van der Waals surface area contributed by atoms with Gasteiger partial charge in [0.25, 0.3) is 5.91 Å². The largest absolute Gasteiger partial charge is 0.347 e. The lowest BCUT2D eigenvalue weighted by molar-refractivity contribution is 0.0954. The van der Waals surface area contributed by atoms with Crippen LogP contribution < -0.4 is 5.32 Å². The molecule has 1 N–H and O–H groups in total. The van der Waals surface area contributed by atoms with E-state index < -0.39 is 0 Å². The third-order valence-corrected chi connectivity index (χ3v) is 4.88. The van der Waals surface area contributed by atoms with Gasteiger partial charge in [-0.3, -0.25) is 9.79 Å². The molecule has 0 unspecified atom stereocenters. The van der Waals surface area contributed by atoms with E-state index >= 15 is 0 Å². The maximum Gasteiger partial charge on any atom is 0.263 e. The summed E-state index contributed by atoms with van der Waals surface area (Å²) in [4.78, 5) is 25.7. The van der Waals surface area contributed by atoms with Crippen LogP contribution in [0.15, 0.2) is 48.0 Å². The molecular formula is C17H15N5OS. The Hall–Kier alpha value is -2.80. The van der Waals surface area contributed by atoms with Crippen LogP contribution in [0, 0.1) is 0 Å². The van der Waals surface area contributed by atoms with Crippen molar-refractivity contribution in [3.8, 4) is 0 Å². The maximum atomic E-state index is 12.3. The predicted molar refractivity (Wildman–Crippen MR) is 94.4 cm³/mol. The summed E-state index contributed by atoms with van der Waals surface area (Å²) < 4.78 is 1.93. The Morgan fingerprint density at radius 3 is 3.17 bits per heavy atom. The number of imidazole rings is 1. The molecule has 0 atom stereocenters. The van der Waals surface area contributed by atoms with Crippen molar-refractivity contribution in [1.29, 1.82) is 0 Å². The van der Waals surface area contributed by atoms with Crippen LogP contribution in [0.5, 0.6) is 0 Å². The van der Waals surface area contributed by atoms with Gasteiger partial charge in [0.1, 0.15) is 15.5 Å². The molecule has 1 amide bonds. The molecule has 3 aromatic rings. The topological polar surface area (TPSA) is 71.7 Å². The quantitative estimate of drug-likeness (QED) is 0.795. The standard InChI is InChI=1S/C17H15N5OS/c23-16(14-11-21-17(24-14)13-1-4-18-5-2-13)20-10-12-3-7-22-8-6-19-15(22)9-12/h1,3-4,6-9,11H,2,5,10H2,(H,20,23). The number of nitrogens with one attached hydrogen (secondary N) is 1. The minimum atomic E-state index is -0.105. The van der Waals surface area contributed by atoms with Crippen molar-refractivity contribution in [1.82, 2.24) is 19.7 Å². The van der Waals surface area contributed by atoms with Crippen LogP contribution in [0.4, 0.5) is 0 Å². The zero-order valence-corrected chi connectivity index (χ0v) is 13.7. The lowest BCUT2D eigenvalue weighted by Crippen LogP contribution is -2.21. The molecule has 1 aliphatic heterocycles. The van der Waals surface area contributed by atoms with Crippen LogP contribution in [0.2, 0.25) is 0 Å². The van der Waals surface area contributed by atoms with E-state index in [0.29, 0.717) is 11.4 Å². The average molecular weight is 337 g/mol. The molecular weight excluding hydrogens is 322 g/mol. The molecule has 0 fully saturated rings. The van der Waals surface area contributed by atoms with E-state index in [4.69, 9.17) is 0 Å². The number of fused-ring (bicyclic) bond motifs is 1. The molecule has 0 saturated heterocycles. The number of aliphatic imine (C=N–C) groups is 1. The monoisotopic (exact) mass is 337 g/mol. The maximum absolute atomic E-state index is 12.3. The summed E-state index contributed by atoms with van der Waals surface area (Å²) >= 11 is 1.42. The first-order valence-corrected chi connectivity index (χ1v) is 8.46. The number of carbonyl (C=O) groups excluding carboxylic acids is 1. The van der Waals surface area contributed by atoms with Gasteiger partial charge in [-0.2, -0.15) is 0 Å². The van der Waals surface area contributed by atoms with E-state index in [-0.39, 0.29) is 5.91 Å². The highest BCUT2D eigenvalue weighted by Gasteiger charge is 2.13. The minimum absolute atomic E-state index is 0.105. The second-order valence-corrected chi connectivity index (χ2v) is 6.47. The predicted octanol–water partition coefficient (Wildman–Crippen LogP) is 2.58. The van der Waals surface area contributed by atoms with Gasteiger partial charge in [-0.15, -0.1) is 11.3 Å². The van der Waals surface area contributed by atoms with Crippen LogP contribution in [-0.4, -0.2) is 33.0 Å². The molecule has 120 valence electrons. The third kappa shape index (κ3) is 2.98. The highest BCUT2D eigenvalue weighted by molar-refractivity contribution is 7.14. The number of amides is 1. The van der Waals surface area contributed by atoms with Gasteiger partial charge in [0.2, 0.25) is 0 Å². The van der Waals surface area contributed by atoms with Crippen molar-refractivity contribution in [3.05, 3.63) is 58.4 Å². The number of hydrogen-bond acceptors (Lipinski definition) is 5. The Morgan fingerprint density at radius 1 is 1.33 bits per heavy atom. The van der Waals surface area contributed by atoms with Gasteiger partial charge in [-0.25, -0.2) is 9.97 Å². The Kier molecular flexibility index (Phi) is 3.92. The second kappa shape index (κ2) is 6.37. The molecule has 0 radical (unpaired) electrons. The SMILES string of the molecule is O=C(NCc1ccn2ccnc2c1)c1cnc(C2=CC=NCC2)s1. The fourth-order valence-electron chi connectivity index (χ4n) is 2.52. The fourth-order valence-corrected chi connectivity index (χ4v) is 3.41. The number of allylic oxidation sites excluding steroid dienone is 1. The van der Waals surface area contributed by atoms with E-state index in [9.17, 15) is 4.79 Å². The number of hydrogen-bond donors (Lipinski definition) is 1. The van der Waals surface area contributed by atoms with E-state index in [2.05, 4.69) is 20.3 Å². The van der Waals surface area contributed by atoms with Crippen molar-refractivity contribution >= 4 is 34.7 Å². The molecule has 7 heteroatoms. The number of carbonyl (C=O) groups is 1. The van der Waals surface area contributed by atoms with Crippen molar-refractivity contribution in [2.24, 2.45) is 4.99 Å². The Morgan fingerprint density at radius 2 is 2.29 bits per heavy atom. The first kappa shape index (κ1) is 14.8. The highest BCUT2D eigenvalue weighted by Crippen LogP contribution is 2.24. The summed E-state index contributed by atoms with van der Waals surface area (Å²) in [6.45, 7) is 1.24. The number of aromatic nitrogens is 3. The second-order valence-electron chi connectivity index (χ2n) is 5.44. The van der Waals surface area contributed by atoms with E-state index in [1.54, 1.807) is 18.6 Å². The van der Waals surface area contributed by atoms with Crippen LogP contribution in [-0.2, 0) is 6.54 Å². The van der Waals surface area contributed by atoms with Gasteiger partial charge in [0, 0.05) is 37.9 Å². The van der Waals surface area contributed by atoms with Gasteiger partial charge in [-0.1, -0.05) is 0 Å². The minimum Gasteiger partial charge on any atom is -0.347 e. The molecule has 4 heterocycles. The molecule has 0 spiro atoms. The van der Waals surface area contributed by atoms with E-state index in [0.717, 1.165) is 34.8 Å². The van der Waals surface area contributed by atoms with Crippen molar-refractivity contribution in [2.75, 3.05) is 6.54 Å². The molecule has 6 nitrogen and oxygen atoms in total. The summed E-state index contributed by atoms with van der Waals surface area (Å²) in [5.41, 5.74) is 3.02. The van der Waals surface area contributed by atoms with E-state index in [1.165, 1.54) is 11.3 Å². The molecule has 1 aliphatic rings. The van der Waals surface area contributed by atoms with Gasteiger partial charge in [0.15, 0.2) is 0 Å². The van der Waals surface area contributed by atoms with Gasteiger partial charge in [0.05, 0.1) is 6.20 Å². The average Bonchev–Trinajstić information content (AvgIpc) is 3.29. The summed E-state index contributed by atoms with van der Waals surface area (Å²) in [6, 6.07) is 3.93. The van der Waals surface area contributed by atoms with Crippen molar-refractivity contribution in [2.45, 2.75) is 13.0 Å². The number of rotatable bonds is 4. The zero-order valence-electron chi connectivity index (χ0n) is 12.8. The van der Waals surface area contributed by atoms with E-state index in [1.807, 2.05) is 35.0 Å². The van der Waals surface area contributed by atoms with Crippen LogP contribution in [0.1, 0.15) is 26.7 Å². The van der Waals surface area contributed by atoms with Crippen molar-refractivity contribution in [3.63, 3.8) is 0 Å². The van der Waals surface area contributed by atoms with Gasteiger partial charge >= 0.3 is 0 Å². The zero-order chi connectivity index (χ0) is 16.4. The molecule has 0 bridgehead atoms. The first-order chi connectivity index (χ1) is 11.8. The fraction of sp³-hybridized carbons (Fsp3) is 0.176. The van der Waals surface area contributed by atoms with Crippen molar-refractivity contribution < 1.29 is 4.79 Å². The summed E-state index contributed by atoms with van der Waals surface area (Å²) in [5, 5.41) is 3.83. The molecule has 0 aromatic carbocycles. The molecule has 24 heavy (non-hydrogen) atoms. The van der Waals surface area contributed by atoms with Crippen LogP contribution in [0.25, 0.3) is 11.2 Å². The number of pyridine rings is 1. The smallest absolute Gasteiger partial charge is 0.263 e. The Balaban J connectivity index is 1.43. The normalized spacial score (nSPS) is 13.9.